The molecule has 0 N–H and O–H groups in total. The molecule has 0 amide bonds. The lowest BCUT2D eigenvalue weighted by Crippen LogP contribution is -2.37. The highest BCUT2D eigenvalue weighted by Crippen LogP contribution is 2.26. The van der Waals surface area contributed by atoms with Crippen LogP contribution in [0.5, 0.6) is 0 Å². The van der Waals surface area contributed by atoms with Crippen molar-refractivity contribution in [2.45, 2.75) is 0 Å². The van der Waals surface area contributed by atoms with Crippen LogP contribution in [0.1, 0.15) is 10.4 Å². The first-order valence-corrected chi connectivity index (χ1v) is 6.05. The third-order valence-electron chi connectivity index (χ3n) is 3.17. The van der Waals surface area contributed by atoms with E-state index in [1.807, 2.05) is 4.90 Å². The fraction of sp³-hybridized carbons (Fsp3) is 0.308. The third-order valence-corrected chi connectivity index (χ3v) is 3.17. The molecular weight excluding hydrogens is 246 g/mol. The van der Waals surface area contributed by atoms with Gasteiger partial charge in [-0.25, -0.2) is 9.97 Å². The fourth-order valence-corrected chi connectivity index (χ4v) is 2.28. The maximum absolute atomic E-state index is 11.2. The van der Waals surface area contributed by atoms with E-state index in [9.17, 15) is 9.90 Å². The van der Waals surface area contributed by atoms with E-state index in [1.165, 1.54) is 12.4 Å². The quantitative estimate of drug-likeness (QED) is 0.744. The number of morpholine rings is 1. The summed E-state index contributed by atoms with van der Waals surface area (Å²) in [5, 5.41) is 11.8. The smallest absolute Gasteiger partial charge is 0.140 e. The van der Waals surface area contributed by atoms with Gasteiger partial charge in [-0.05, 0) is 6.07 Å². The Morgan fingerprint density at radius 1 is 1.26 bits per heavy atom. The SMILES string of the molecule is O=C([O-])c1cccc2ncnc(N3CCOCC3)c12. The molecule has 1 aliphatic rings. The van der Waals surface area contributed by atoms with Crippen molar-refractivity contribution in [2.24, 2.45) is 0 Å². The molecule has 1 aliphatic heterocycles. The number of ether oxygens (including phenoxy) is 1. The third kappa shape index (κ3) is 2.10. The van der Waals surface area contributed by atoms with Gasteiger partial charge >= 0.3 is 0 Å². The number of fused-ring (bicyclic) bond motifs is 1. The molecular formula is C13H12N3O3-. The van der Waals surface area contributed by atoms with Crippen LogP contribution in [-0.4, -0.2) is 42.2 Å². The predicted octanol–water partition coefficient (Wildman–Crippen LogP) is -0.170. The van der Waals surface area contributed by atoms with Crippen LogP contribution in [0, 0.1) is 0 Å². The van der Waals surface area contributed by atoms with Crippen LogP contribution in [-0.2, 0) is 4.74 Å². The molecule has 98 valence electrons. The molecule has 1 saturated heterocycles. The number of anilines is 1. The fourth-order valence-electron chi connectivity index (χ4n) is 2.28. The number of rotatable bonds is 2. The highest BCUT2D eigenvalue weighted by Gasteiger charge is 2.17. The van der Waals surface area contributed by atoms with E-state index in [2.05, 4.69) is 9.97 Å². The molecule has 0 bridgehead atoms. The zero-order valence-electron chi connectivity index (χ0n) is 10.2. The first kappa shape index (κ1) is 11.9. The molecule has 1 aromatic carbocycles. The number of hydrogen-bond acceptors (Lipinski definition) is 6. The maximum atomic E-state index is 11.2. The van der Waals surface area contributed by atoms with E-state index in [0.29, 0.717) is 43.0 Å². The number of carbonyl (C=O) groups excluding carboxylic acids is 1. The van der Waals surface area contributed by atoms with Crippen LogP contribution < -0.4 is 10.0 Å². The molecule has 1 aromatic heterocycles. The summed E-state index contributed by atoms with van der Waals surface area (Å²) in [6.07, 6.45) is 1.45. The molecule has 19 heavy (non-hydrogen) atoms. The first-order valence-electron chi connectivity index (χ1n) is 6.05. The van der Waals surface area contributed by atoms with Crippen molar-refractivity contribution in [3.05, 3.63) is 30.1 Å². The summed E-state index contributed by atoms with van der Waals surface area (Å²) in [5.41, 5.74) is 0.734. The average molecular weight is 258 g/mol. The monoisotopic (exact) mass is 258 g/mol. The van der Waals surface area contributed by atoms with Gasteiger partial charge in [0.1, 0.15) is 12.1 Å². The summed E-state index contributed by atoms with van der Waals surface area (Å²) in [7, 11) is 0. The molecule has 1 fully saturated rings. The van der Waals surface area contributed by atoms with Gasteiger partial charge in [-0.1, -0.05) is 12.1 Å². The van der Waals surface area contributed by atoms with Gasteiger partial charge in [0.25, 0.3) is 0 Å². The highest BCUT2D eigenvalue weighted by atomic mass is 16.5. The molecule has 3 rings (SSSR count). The van der Waals surface area contributed by atoms with Crippen molar-refractivity contribution < 1.29 is 14.6 Å². The molecule has 0 atom stereocenters. The zero-order valence-corrected chi connectivity index (χ0v) is 10.2. The Balaban J connectivity index is 2.20. The van der Waals surface area contributed by atoms with Crippen molar-refractivity contribution in [2.75, 3.05) is 31.2 Å². The number of hydrogen-bond donors (Lipinski definition) is 0. The van der Waals surface area contributed by atoms with E-state index >= 15 is 0 Å². The summed E-state index contributed by atoms with van der Waals surface area (Å²) >= 11 is 0. The average Bonchev–Trinajstić information content (AvgIpc) is 2.46. The molecule has 6 nitrogen and oxygen atoms in total. The second-order valence-electron chi connectivity index (χ2n) is 4.28. The van der Waals surface area contributed by atoms with Gasteiger partial charge in [0, 0.05) is 18.7 Å². The van der Waals surface area contributed by atoms with Gasteiger partial charge in [-0.3, -0.25) is 0 Å². The summed E-state index contributed by atoms with van der Waals surface area (Å²) in [4.78, 5) is 21.6. The largest absolute Gasteiger partial charge is 0.545 e. The number of aromatic nitrogens is 2. The minimum absolute atomic E-state index is 0.125. The van der Waals surface area contributed by atoms with Gasteiger partial charge in [0.15, 0.2) is 0 Å². The standard InChI is InChI=1S/C13H13N3O3/c17-13(18)9-2-1-3-10-11(9)12(15-8-14-10)16-4-6-19-7-5-16/h1-3,8H,4-7H2,(H,17,18)/p-1. The van der Waals surface area contributed by atoms with Crippen molar-refractivity contribution in [3.8, 4) is 0 Å². The van der Waals surface area contributed by atoms with Crippen molar-refractivity contribution in [1.29, 1.82) is 0 Å². The highest BCUT2D eigenvalue weighted by molar-refractivity contribution is 6.06. The second-order valence-corrected chi connectivity index (χ2v) is 4.28. The minimum atomic E-state index is -1.21. The second kappa shape index (κ2) is 4.81. The Hall–Kier alpha value is -2.21. The molecule has 2 heterocycles. The van der Waals surface area contributed by atoms with Gasteiger partial charge in [0.05, 0.1) is 30.1 Å². The Morgan fingerprint density at radius 2 is 2.05 bits per heavy atom. The summed E-state index contributed by atoms with van der Waals surface area (Å²) < 4.78 is 5.30. The van der Waals surface area contributed by atoms with Gasteiger partial charge in [-0.15, -0.1) is 0 Å². The summed E-state index contributed by atoms with van der Waals surface area (Å²) in [5.74, 6) is -0.581. The van der Waals surface area contributed by atoms with Crippen LogP contribution in [0.2, 0.25) is 0 Å². The Morgan fingerprint density at radius 3 is 2.79 bits per heavy atom. The van der Waals surface area contributed by atoms with Crippen molar-refractivity contribution in [3.63, 3.8) is 0 Å². The summed E-state index contributed by atoms with van der Waals surface area (Å²) in [6.45, 7) is 2.60. The Bertz CT molecular complexity index is 618. The van der Waals surface area contributed by atoms with Crippen LogP contribution >= 0.6 is 0 Å². The van der Waals surface area contributed by atoms with Crippen molar-refractivity contribution in [1.82, 2.24) is 9.97 Å². The number of carboxylic acids is 1. The van der Waals surface area contributed by atoms with Crippen molar-refractivity contribution >= 4 is 22.7 Å². The molecule has 0 aliphatic carbocycles. The lowest BCUT2D eigenvalue weighted by molar-refractivity contribution is -0.254. The molecule has 2 aromatic rings. The maximum Gasteiger partial charge on any atom is 0.140 e. The number of benzene rings is 1. The number of nitrogens with zero attached hydrogens (tertiary/aromatic N) is 3. The number of carboxylic acid groups (broad SMARTS) is 1. The molecule has 0 unspecified atom stereocenters. The number of aromatic carboxylic acids is 1. The van der Waals surface area contributed by atoms with Crippen LogP contribution in [0.4, 0.5) is 5.82 Å². The Kier molecular flexibility index (Phi) is 3.00. The minimum Gasteiger partial charge on any atom is -0.545 e. The number of carbonyl (C=O) groups is 1. The van der Waals surface area contributed by atoms with E-state index in [-0.39, 0.29) is 5.56 Å². The predicted molar refractivity (Wildman–Crippen MR) is 66.9 cm³/mol. The lowest BCUT2D eigenvalue weighted by atomic mass is 10.1. The van der Waals surface area contributed by atoms with Gasteiger partial charge in [-0.2, -0.15) is 0 Å². The first-order chi connectivity index (χ1) is 9.27. The van der Waals surface area contributed by atoms with Crippen LogP contribution in [0.25, 0.3) is 10.9 Å². The van der Waals surface area contributed by atoms with Crippen LogP contribution in [0.3, 0.4) is 0 Å². The van der Waals surface area contributed by atoms with E-state index in [0.717, 1.165) is 0 Å². The van der Waals surface area contributed by atoms with Gasteiger partial charge < -0.3 is 19.5 Å². The topological polar surface area (TPSA) is 78.4 Å². The molecule has 6 heteroatoms. The Labute approximate surface area is 109 Å². The van der Waals surface area contributed by atoms with Gasteiger partial charge in [0.2, 0.25) is 0 Å². The van der Waals surface area contributed by atoms with E-state index < -0.39 is 5.97 Å². The molecule has 0 saturated carbocycles. The summed E-state index contributed by atoms with van der Waals surface area (Å²) in [6, 6.07) is 4.95. The van der Waals surface area contributed by atoms with E-state index in [4.69, 9.17) is 4.74 Å². The van der Waals surface area contributed by atoms with Crippen LogP contribution in [0.15, 0.2) is 24.5 Å². The van der Waals surface area contributed by atoms with E-state index in [1.54, 1.807) is 12.1 Å². The molecule has 0 spiro atoms. The zero-order chi connectivity index (χ0) is 13.2. The molecule has 0 radical (unpaired) electrons. The lowest BCUT2D eigenvalue weighted by Gasteiger charge is -2.29. The normalized spacial score (nSPS) is 15.7.